The van der Waals surface area contributed by atoms with E-state index in [1.807, 2.05) is 0 Å². The summed E-state index contributed by atoms with van der Waals surface area (Å²) >= 11 is 1.21. The van der Waals surface area contributed by atoms with Crippen LogP contribution >= 0.6 is 11.8 Å². The van der Waals surface area contributed by atoms with Crippen LogP contribution in [0.4, 0.5) is 4.79 Å². The molecule has 0 bridgehead atoms. The molecule has 238 valence electrons. The maximum absolute atomic E-state index is 13.4. The Morgan fingerprint density at radius 1 is 1.05 bits per heavy atom. The van der Waals surface area contributed by atoms with Gasteiger partial charge in [-0.3, -0.25) is 14.4 Å². The third-order valence-corrected chi connectivity index (χ3v) is 12.7. The molecule has 4 fully saturated rings. The van der Waals surface area contributed by atoms with Crippen molar-refractivity contribution in [3.8, 4) is 5.75 Å². The molecule has 4 amide bonds. The molecule has 4 saturated heterocycles. The molecule has 1 aromatic rings. The molecule has 18 heteroatoms. The molecule has 44 heavy (non-hydrogen) atoms. The SMILES string of the molecule is CC1(C)S[C@@H]2[C@H](NC(=O)C(NC(=O)OCOC(=O)[C@@H]3N4C(=O)C[C@H]4S(=O)(=O)C3(C)C)c3ccc(O)cc3)C(=O)N2[C@H]1C(=O)O. The quantitative estimate of drug-likeness (QED) is 0.157. The number of fused-ring (bicyclic) bond motifs is 2. The summed E-state index contributed by atoms with van der Waals surface area (Å²) in [6, 6.07) is 0.117. The number of benzene rings is 1. The third kappa shape index (κ3) is 4.79. The number of esters is 1. The second kappa shape index (κ2) is 10.5. The minimum atomic E-state index is -3.86. The monoisotopic (exact) mass is 654 g/mol. The number of amides is 4. The summed E-state index contributed by atoms with van der Waals surface area (Å²) in [5.41, 5.74) is 0.181. The summed E-state index contributed by atoms with van der Waals surface area (Å²) in [4.78, 5) is 77.6. The Labute approximate surface area is 255 Å². The highest BCUT2D eigenvalue weighted by molar-refractivity contribution is 8.01. The number of aromatic hydroxyl groups is 1. The van der Waals surface area contributed by atoms with Crippen LogP contribution in [0.15, 0.2) is 24.3 Å². The fourth-order valence-electron chi connectivity index (χ4n) is 5.94. The average molecular weight is 655 g/mol. The number of carboxylic acids is 1. The number of alkyl carbamates (subject to hydrolysis) is 1. The van der Waals surface area contributed by atoms with E-state index >= 15 is 0 Å². The molecule has 4 N–H and O–H groups in total. The summed E-state index contributed by atoms with van der Waals surface area (Å²) in [6.45, 7) is 4.97. The number of nitrogens with one attached hydrogen (secondary N) is 2. The molecule has 0 aliphatic carbocycles. The van der Waals surface area contributed by atoms with Gasteiger partial charge in [-0.05, 0) is 45.4 Å². The molecule has 0 radical (unpaired) electrons. The van der Waals surface area contributed by atoms with Crippen LogP contribution in [-0.4, -0.2) is 109 Å². The number of rotatable bonds is 8. The van der Waals surface area contributed by atoms with Crippen molar-refractivity contribution in [3.63, 3.8) is 0 Å². The van der Waals surface area contributed by atoms with Gasteiger partial charge in [0.15, 0.2) is 9.84 Å². The van der Waals surface area contributed by atoms with E-state index in [4.69, 9.17) is 9.47 Å². The molecule has 4 aliphatic rings. The fraction of sp³-hybridized carbons (Fsp3) is 0.538. The number of ether oxygens (including phenoxy) is 2. The molecule has 6 atom stereocenters. The first-order chi connectivity index (χ1) is 20.4. The highest BCUT2D eigenvalue weighted by Crippen LogP contribution is 2.51. The van der Waals surface area contributed by atoms with Gasteiger partial charge in [0.05, 0.1) is 11.2 Å². The normalized spacial score (nSPS) is 29.3. The number of nitrogens with zero attached hydrogens (tertiary/aromatic N) is 2. The van der Waals surface area contributed by atoms with E-state index in [-0.39, 0.29) is 17.7 Å². The Morgan fingerprint density at radius 2 is 1.68 bits per heavy atom. The number of sulfone groups is 1. The molecule has 0 aromatic heterocycles. The van der Waals surface area contributed by atoms with Crippen molar-refractivity contribution in [2.24, 2.45) is 0 Å². The van der Waals surface area contributed by atoms with Crippen LogP contribution in [0.1, 0.15) is 45.7 Å². The van der Waals surface area contributed by atoms with Gasteiger partial charge in [-0.25, -0.2) is 22.8 Å². The number of hydrogen-bond donors (Lipinski definition) is 4. The van der Waals surface area contributed by atoms with Gasteiger partial charge in [0.2, 0.25) is 24.5 Å². The molecule has 4 heterocycles. The topological polar surface area (TPSA) is 226 Å². The molecule has 0 spiro atoms. The van der Waals surface area contributed by atoms with Crippen LogP contribution in [0.5, 0.6) is 5.75 Å². The number of carbonyl (C=O) groups is 6. The molecule has 1 unspecified atom stereocenters. The first-order valence-electron chi connectivity index (χ1n) is 13.4. The second-order valence-electron chi connectivity index (χ2n) is 11.8. The molecule has 4 aliphatic heterocycles. The Bertz CT molecular complexity index is 1560. The Morgan fingerprint density at radius 3 is 2.27 bits per heavy atom. The van der Waals surface area contributed by atoms with E-state index in [2.05, 4.69) is 10.6 Å². The van der Waals surface area contributed by atoms with E-state index in [9.17, 15) is 47.4 Å². The summed E-state index contributed by atoms with van der Waals surface area (Å²) in [5, 5.41) is 22.3. The second-order valence-corrected chi connectivity index (χ2v) is 16.2. The van der Waals surface area contributed by atoms with E-state index in [0.717, 1.165) is 4.90 Å². The minimum Gasteiger partial charge on any atom is -0.508 e. The van der Waals surface area contributed by atoms with E-state index in [1.54, 1.807) is 13.8 Å². The van der Waals surface area contributed by atoms with Crippen LogP contribution in [-0.2, 0) is 43.3 Å². The van der Waals surface area contributed by atoms with Gasteiger partial charge in [0, 0.05) is 4.75 Å². The standard InChI is InChI=1S/C26H30N4O12S2/c1-25(2)17(22(35)36)30-20(34)16(21(30)43-25)27-19(33)15(11-5-7-12(31)8-6-11)28-24(38)42-10-41-23(37)18-26(3,4)44(39,40)14-9-13(32)29(14)18/h5-8,14-18,21,31H,9-10H2,1-4H3,(H,27,33)(H,28,38)(H,35,36)/t14-,15?,16-,17+,18+,21-/m1/s1. The predicted octanol–water partition coefficient (Wildman–Crippen LogP) is -0.574. The number of thioether (sulfide) groups is 1. The van der Waals surface area contributed by atoms with Crippen molar-refractivity contribution >= 4 is 57.4 Å². The number of carboxylic acid groups (broad SMARTS) is 1. The lowest BCUT2D eigenvalue weighted by Gasteiger charge is -2.43. The fourth-order valence-corrected chi connectivity index (χ4v) is 9.69. The minimum absolute atomic E-state index is 0.128. The van der Waals surface area contributed by atoms with Gasteiger partial charge in [-0.1, -0.05) is 12.1 Å². The van der Waals surface area contributed by atoms with Gasteiger partial charge < -0.3 is 40.1 Å². The lowest BCUT2D eigenvalue weighted by Crippen LogP contribution is -2.71. The van der Waals surface area contributed by atoms with Crippen LogP contribution in [0, 0.1) is 0 Å². The molecule has 5 rings (SSSR count). The van der Waals surface area contributed by atoms with Crippen LogP contribution in [0.3, 0.4) is 0 Å². The van der Waals surface area contributed by atoms with Crippen molar-refractivity contribution in [2.75, 3.05) is 6.79 Å². The van der Waals surface area contributed by atoms with Crippen molar-refractivity contribution in [1.82, 2.24) is 20.4 Å². The lowest BCUT2D eigenvalue weighted by atomic mass is 9.95. The molecule has 0 saturated carbocycles. The number of hydrogen-bond acceptors (Lipinski definition) is 12. The highest BCUT2D eigenvalue weighted by atomic mass is 32.2. The number of phenolic OH excluding ortho intramolecular Hbond substituents is 1. The zero-order valence-corrected chi connectivity index (χ0v) is 25.5. The van der Waals surface area contributed by atoms with E-state index in [1.165, 1.54) is 54.8 Å². The highest BCUT2D eigenvalue weighted by Gasteiger charge is 2.68. The summed E-state index contributed by atoms with van der Waals surface area (Å²) in [5.74, 6) is -4.38. The summed E-state index contributed by atoms with van der Waals surface area (Å²) < 4.78 is 32.9. The van der Waals surface area contributed by atoms with E-state index < -0.39 is 96.8 Å². The first-order valence-corrected chi connectivity index (χ1v) is 15.8. The van der Waals surface area contributed by atoms with Gasteiger partial charge >= 0.3 is 18.0 Å². The Kier molecular flexibility index (Phi) is 7.51. The largest absolute Gasteiger partial charge is 0.508 e. The summed E-state index contributed by atoms with van der Waals surface area (Å²) in [6.07, 6.45) is -1.47. The predicted molar refractivity (Wildman–Crippen MR) is 149 cm³/mol. The summed E-state index contributed by atoms with van der Waals surface area (Å²) in [7, 11) is -3.86. The number of β-lactam (4-membered cyclic amide) rings is 2. The molecular weight excluding hydrogens is 624 g/mol. The lowest BCUT2D eigenvalue weighted by molar-refractivity contribution is -0.167. The number of carbonyl (C=O) groups excluding carboxylic acids is 5. The third-order valence-electron chi connectivity index (χ3n) is 8.31. The van der Waals surface area contributed by atoms with Crippen molar-refractivity contribution in [2.45, 2.75) is 78.5 Å². The van der Waals surface area contributed by atoms with E-state index in [0.29, 0.717) is 0 Å². The van der Waals surface area contributed by atoms with Crippen molar-refractivity contribution in [3.05, 3.63) is 29.8 Å². The van der Waals surface area contributed by atoms with Crippen molar-refractivity contribution < 1.29 is 56.9 Å². The molecule has 1 aromatic carbocycles. The zero-order chi connectivity index (χ0) is 32.5. The Hall–Kier alpha value is -4.06. The van der Waals surface area contributed by atoms with Crippen LogP contribution in [0.25, 0.3) is 0 Å². The number of aliphatic carboxylic acids is 1. The van der Waals surface area contributed by atoms with Crippen LogP contribution in [0.2, 0.25) is 0 Å². The van der Waals surface area contributed by atoms with Gasteiger partial charge in [0.1, 0.15) is 40.7 Å². The maximum atomic E-state index is 13.4. The Balaban J connectivity index is 1.23. The maximum Gasteiger partial charge on any atom is 0.410 e. The van der Waals surface area contributed by atoms with Gasteiger partial charge in [-0.2, -0.15) is 0 Å². The first kappa shape index (κ1) is 31.4. The zero-order valence-electron chi connectivity index (χ0n) is 23.9. The smallest absolute Gasteiger partial charge is 0.410 e. The number of phenols is 1. The van der Waals surface area contributed by atoms with Gasteiger partial charge in [-0.15, -0.1) is 11.8 Å². The molecule has 16 nitrogen and oxygen atoms in total. The van der Waals surface area contributed by atoms with Crippen molar-refractivity contribution in [1.29, 1.82) is 0 Å². The van der Waals surface area contributed by atoms with Crippen LogP contribution < -0.4 is 10.6 Å². The van der Waals surface area contributed by atoms with Gasteiger partial charge in [0.25, 0.3) is 0 Å². The average Bonchev–Trinajstić information content (AvgIpc) is 3.25. The molecular formula is C26H30N4O12S2.